The maximum Gasteiger partial charge on any atom is 0.334 e. The lowest BCUT2D eigenvalue weighted by Crippen LogP contribution is -2.40. The second-order valence-electron chi connectivity index (χ2n) is 3.95. The van der Waals surface area contributed by atoms with E-state index in [4.69, 9.17) is 15.6 Å². The van der Waals surface area contributed by atoms with Crippen molar-refractivity contribution in [2.75, 3.05) is 6.61 Å². The average Bonchev–Trinajstić information content (AvgIpc) is 2.26. The summed E-state index contributed by atoms with van der Waals surface area (Å²) in [4.78, 5) is 21.5. The summed E-state index contributed by atoms with van der Waals surface area (Å²) in [6.07, 6.45) is 5.66. The van der Waals surface area contributed by atoms with Gasteiger partial charge >= 0.3 is 11.9 Å². The van der Waals surface area contributed by atoms with Gasteiger partial charge in [0.25, 0.3) is 0 Å². The first-order chi connectivity index (χ1) is 7.11. The van der Waals surface area contributed by atoms with E-state index < -0.39 is 18.0 Å². The van der Waals surface area contributed by atoms with Crippen molar-refractivity contribution in [2.45, 2.75) is 38.1 Å². The van der Waals surface area contributed by atoms with Crippen LogP contribution in [0.15, 0.2) is 0 Å². The number of carbonyl (C=O) groups is 2. The number of aliphatic carboxylic acids is 1. The van der Waals surface area contributed by atoms with Crippen molar-refractivity contribution in [3.8, 4) is 0 Å². The Morgan fingerprint density at radius 1 is 1.33 bits per heavy atom. The van der Waals surface area contributed by atoms with Gasteiger partial charge in [0.1, 0.15) is 0 Å². The highest BCUT2D eigenvalue weighted by atomic mass is 16.5. The lowest BCUT2D eigenvalue weighted by atomic mass is 9.90. The van der Waals surface area contributed by atoms with Crippen molar-refractivity contribution in [3.63, 3.8) is 0 Å². The van der Waals surface area contributed by atoms with Gasteiger partial charge in [-0.2, -0.15) is 0 Å². The van der Waals surface area contributed by atoms with Gasteiger partial charge in [-0.1, -0.05) is 19.3 Å². The molecule has 0 amide bonds. The standard InChI is InChI=1S/C10H17NO4/c11-8(9(12)13)10(14)15-6-7-4-2-1-3-5-7/h7-8H,1-6,11H2,(H,12,13)/t8-/m0/s1. The second-order valence-corrected chi connectivity index (χ2v) is 3.95. The van der Waals surface area contributed by atoms with Gasteiger partial charge in [-0.05, 0) is 18.8 Å². The molecule has 1 fully saturated rings. The van der Waals surface area contributed by atoms with Crippen molar-refractivity contribution in [1.29, 1.82) is 0 Å². The molecule has 0 unspecified atom stereocenters. The monoisotopic (exact) mass is 215 g/mol. The molecule has 3 N–H and O–H groups in total. The Kier molecular flexibility index (Phi) is 4.55. The summed E-state index contributed by atoms with van der Waals surface area (Å²) in [5, 5.41) is 8.46. The average molecular weight is 215 g/mol. The highest BCUT2D eigenvalue weighted by molar-refractivity contribution is 5.97. The van der Waals surface area contributed by atoms with Crippen molar-refractivity contribution in [3.05, 3.63) is 0 Å². The molecule has 15 heavy (non-hydrogen) atoms. The highest BCUT2D eigenvalue weighted by Crippen LogP contribution is 2.23. The Hall–Kier alpha value is -1.10. The Labute approximate surface area is 88.6 Å². The normalized spacial score (nSPS) is 19.5. The summed E-state index contributed by atoms with van der Waals surface area (Å²) in [7, 11) is 0. The van der Waals surface area contributed by atoms with Crippen molar-refractivity contribution < 1.29 is 19.4 Å². The van der Waals surface area contributed by atoms with Gasteiger partial charge < -0.3 is 15.6 Å². The van der Waals surface area contributed by atoms with E-state index in [-0.39, 0.29) is 0 Å². The minimum atomic E-state index is -1.55. The Morgan fingerprint density at radius 3 is 2.47 bits per heavy atom. The Bertz CT molecular complexity index is 236. The van der Waals surface area contributed by atoms with Crippen LogP contribution in [-0.2, 0) is 14.3 Å². The molecular formula is C10H17NO4. The molecule has 0 aromatic carbocycles. The van der Waals surface area contributed by atoms with Gasteiger partial charge in [0.2, 0.25) is 6.04 Å². The number of carbonyl (C=O) groups excluding carboxylic acids is 1. The van der Waals surface area contributed by atoms with Crippen molar-refractivity contribution in [2.24, 2.45) is 11.7 Å². The van der Waals surface area contributed by atoms with Crippen LogP contribution in [0, 0.1) is 5.92 Å². The molecule has 0 heterocycles. The molecule has 1 saturated carbocycles. The maximum atomic E-state index is 11.1. The summed E-state index contributed by atoms with van der Waals surface area (Å²) < 4.78 is 4.86. The molecule has 0 aliphatic heterocycles. The SMILES string of the molecule is N[C@@H](C(=O)O)C(=O)OCC1CCCCC1. The van der Waals surface area contributed by atoms with E-state index in [0.29, 0.717) is 12.5 Å². The second kappa shape index (κ2) is 5.70. The number of esters is 1. The van der Waals surface area contributed by atoms with E-state index in [0.717, 1.165) is 25.7 Å². The quantitative estimate of drug-likeness (QED) is 0.527. The first-order valence-electron chi connectivity index (χ1n) is 5.26. The van der Waals surface area contributed by atoms with Crippen LogP contribution in [0.1, 0.15) is 32.1 Å². The van der Waals surface area contributed by atoms with E-state index in [1.165, 1.54) is 6.42 Å². The predicted molar refractivity (Wildman–Crippen MR) is 53.1 cm³/mol. The third-order valence-corrected chi connectivity index (χ3v) is 2.71. The molecule has 1 aliphatic rings. The fourth-order valence-electron chi connectivity index (χ4n) is 1.74. The van der Waals surface area contributed by atoms with Crippen LogP contribution in [0.25, 0.3) is 0 Å². The number of ether oxygens (including phenoxy) is 1. The predicted octanol–water partition coefficient (Wildman–Crippen LogP) is 0.522. The summed E-state index contributed by atoms with van der Waals surface area (Å²) >= 11 is 0. The highest BCUT2D eigenvalue weighted by Gasteiger charge is 2.24. The van der Waals surface area contributed by atoms with E-state index in [1.54, 1.807) is 0 Å². The van der Waals surface area contributed by atoms with Gasteiger partial charge in [0.15, 0.2) is 0 Å². The number of hydrogen-bond donors (Lipinski definition) is 2. The molecule has 5 heteroatoms. The Balaban J connectivity index is 2.23. The van der Waals surface area contributed by atoms with Gasteiger partial charge in [-0.25, -0.2) is 9.59 Å². The Morgan fingerprint density at radius 2 is 1.93 bits per heavy atom. The lowest BCUT2D eigenvalue weighted by molar-refractivity contribution is -0.154. The molecule has 0 bridgehead atoms. The number of hydrogen-bond acceptors (Lipinski definition) is 4. The molecule has 1 atom stereocenters. The van der Waals surface area contributed by atoms with Gasteiger partial charge in [-0.15, -0.1) is 0 Å². The minimum Gasteiger partial charge on any atom is -0.480 e. The molecular weight excluding hydrogens is 198 g/mol. The molecule has 1 rings (SSSR count). The van der Waals surface area contributed by atoms with Crippen LogP contribution < -0.4 is 5.73 Å². The first kappa shape index (κ1) is 12.0. The molecule has 0 spiro atoms. The molecule has 0 aromatic rings. The van der Waals surface area contributed by atoms with E-state index in [9.17, 15) is 9.59 Å². The van der Waals surface area contributed by atoms with E-state index >= 15 is 0 Å². The van der Waals surface area contributed by atoms with Gasteiger partial charge in [0.05, 0.1) is 6.61 Å². The minimum absolute atomic E-state index is 0.305. The maximum absolute atomic E-state index is 11.1. The van der Waals surface area contributed by atoms with Crippen LogP contribution >= 0.6 is 0 Å². The number of carboxylic acid groups (broad SMARTS) is 1. The fraction of sp³-hybridized carbons (Fsp3) is 0.800. The molecule has 0 aromatic heterocycles. The first-order valence-corrected chi connectivity index (χ1v) is 5.26. The molecule has 0 radical (unpaired) electrons. The molecule has 1 aliphatic carbocycles. The lowest BCUT2D eigenvalue weighted by Gasteiger charge is -2.21. The van der Waals surface area contributed by atoms with Gasteiger partial charge in [0, 0.05) is 0 Å². The van der Waals surface area contributed by atoms with E-state index in [2.05, 4.69) is 0 Å². The summed E-state index contributed by atoms with van der Waals surface area (Å²) in [6.45, 7) is 0.305. The van der Waals surface area contributed by atoms with Crippen LogP contribution in [0.5, 0.6) is 0 Å². The van der Waals surface area contributed by atoms with Crippen molar-refractivity contribution in [1.82, 2.24) is 0 Å². The van der Waals surface area contributed by atoms with Crippen LogP contribution in [0.2, 0.25) is 0 Å². The number of rotatable bonds is 4. The third kappa shape index (κ3) is 3.87. The zero-order valence-electron chi connectivity index (χ0n) is 8.65. The van der Waals surface area contributed by atoms with E-state index in [1.807, 2.05) is 0 Å². The van der Waals surface area contributed by atoms with Crippen LogP contribution in [0.3, 0.4) is 0 Å². The van der Waals surface area contributed by atoms with Crippen molar-refractivity contribution >= 4 is 11.9 Å². The smallest absolute Gasteiger partial charge is 0.334 e. The topological polar surface area (TPSA) is 89.6 Å². The fourth-order valence-corrected chi connectivity index (χ4v) is 1.74. The largest absolute Gasteiger partial charge is 0.480 e. The third-order valence-electron chi connectivity index (χ3n) is 2.71. The van der Waals surface area contributed by atoms with Gasteiger partial charge in [-0.3, -0.25) is 0 Å². The number of carboxylic acids is 1. The summed E-state index contributed by atoms with van der Waals surface area (Å²) in [6, 6.07) is -1.55. The van der Waals surface area contributed by atoms with Crippen LogP contribution in [0.4, 0.5) is 0 Å². The number of nitrogens with two attached hydrogens (primary N) is 1. The summed E-state index contributed by atoms with van der Waals surface area (Å²) in [5.41, 5.74) is 5.10. The zero-order valence-corrected chi connectivity index (χ0v) is 8.65. The molecule has 0 saturated heterocycles. The molecule has 5 nitrogen and oxygen atoms in total. The van der Waals surface area contributed by atoms with Crippen LogP contribution in [-0.4, -0.2) is 29.7 Å². The zero-order chi connectivity index (χ0) is 11.3. The summed E-state index contributed by atoms with van der Waals surface area (Å²) in [5.74, 6) is -1.81. The molecule has 86 valence electrons.